The van der Waals surface area contributed by atoms with Crippen molar-refractivity contribution in [2.24, 2.45) is 0 Å². The Morgan fingerprint density at radius 1 is 1.45 bits per heavy atom. The van der Waals surface area contributed by atoms with E-state index in [9.17, 15) is 0 Å². The zero-order valence-electron chi connectivity index (χ0n) is 7.55. The van der Waals surface area contributed by atoms with E-state index in [0.29, 0.717) is 0 Å². The average molecular weight is 153 g/mol. The number of hydrogen-bond acceptors (Lipinski definition) is 2. The molecule has 0 aliphatic heterocycles. The van der Waals surface area contributed by atoms with Crippen LogP contribution in [0.1, 0.15) is 26.5 Å². The van der Waals surface area contributed by atoms with Crippen LogP contribution in [-0.2, 0) is 5.54 Å². The Bertz CT molecular complexity index is 235. The third-order valence-electron chi connectivity index (χ3n) is 1.62. The van der Waals surface area contributed by atoms with Gasteiger partial charge < -0.3 is 5.73 Å². The van der Waals surface area contributed by atoms with Crippen LogP contribution in [-0.4, -0.2) is 9.78 Å². The Morgan fingerprint density at radius 3 is 2.18 bits per heavy atom. The van der Waals surface area contributed by atoms with Crippen molar-refractivity contribution < 1.29 is 0 Å². The summed E-state index contributed by atoms with van der Waals surface area (Å²) >= 11 is 0. The number of aryl methyl sites for hydroxylation is 1. The lowest BCUT2D eigenvalue weighted by atomic mass is 10.1. The zero-order valence-corrected chi connectivity index (χ0v) is 7.55. The summed E-state index contributed by atoms with van der Waals surface area (Å²) in [6.07, 6.45) is 1.87. The Morgan fingerprint density at radius 2 is 2.00 bits per heavy atom. The van der Waals surface area contributed by atoms with Crippen molar-refractivity contribution in [1.29, 1.82) is 0 Å². The Balaban J connectivity index is 3.08. The number of nitrogens with two attached hydrogens (primary N) is 1. The number of nitrogen functional groups attached to an aromatic ring is 1. The summed E-state index contributed by atoms with van der Waals surface area (Å²) in [5.41, 5.74) is 7.35. The fraction of sp³-hybridized carbons (Fsp3) is 0.625. The largest absolute Gasteiger partial charge is 0.396 e. The highest BCUT2D eigenvalue weighted by Crippen LogP contribution is 2.16. The van der Waals surface area contributed by atoms with E-state index in [0.717, 1.165) is 11.4 Å². The molecule has 1 heterocycles. The molecule has 3 heteroatoms. The molecule has 0 aliphatic carbocycles. The molecule has 2 N–H and O–H groups in total. The van der Waals surface area contributed by atoms with Crippen molar-refractivity contribution >= 4 is 5.69 Å². The van der Waals surface area contributed by atoms with Crippen LogP contribution >= 0.6 is 0 Å². The molecule has 1 aromatic heterocycles. The fourth-order valence-electron chi connectivity index (χ4n) is 0.817. The van der Waals surface area contributed by atoms with Gasteiger partial charge in [0.05, 0.1) is 16.9 Å². The monoisotopic (exact) mass is 153 g/mol. The smallest absolute Gasteiger partial charge is 0.0823 e. The van der Waals surface area contributed by atoms with E-state index >= 15 is 0 Å². The van der Waals surface area contributed by atoms with Crippen LogP contribution < -0.4 is 5.73 Å². The molecule has 11 heavy (non-hydrogen) atoms. The molecule has 3 nitrogen and oxygen atoms in total. The van der Waals surface area contributed by atoms with E-state index in [-0.39, 0.29) is 5.54 Å². The number of aromatic nitrogens is 2. The molecule has 0 radical (unpaired) electrons. The number of hydrogen-bond donors (Lipinski definition) is 1. The minimum atomic E-state index is 0.0301. The minimum Gasteiger partial charge on any atom is -0.396 e. The van der Waals surface area contributed by atoms with E-state index in [1.165, 1.54) is 0 Å². The molecule has 1 rings (SSSR count). The number of anilines is 1. The lowest BCUT2D eigenvalue weighted by molar-refractivity contribution is 0.354. The van der Waals surface area contributed by atoms with Gasteiger partial charge >= 0.3 is 0 Å². The summed E-state index contributed by atoms with van der Waals surface area (Å²) in [4.78, 5) is 0. The Hall–Kier alpha value is -0.990. The maximum atomic E-state index is 5.65. The average Bonchev–Trinajstić information content (AvgIpc) is 2.11. The third-order valence-corrected chi connectivity index (χ3v) is 1.62. The van der Waals surface area contributed by atoms with Crippen LogP contribution in [0.5, 0.6) is 0 Å². The van der Waals surface area contributed by atoms with Crippen molar-refractivity contribution in [3.8, 4) is 0 Å². The van der Waals surface area contributed by atoms with E-state index in [1.807, 2.05) is 17.8 Å². The molecule has 0 atom stereocenters. The van der Waals surface area contributed by atoms with Gasteiger partial charge in [0, 0.05) is 6.20 Å². The van der Waals surface area contributed by atoms with Crippen molar-refractivity contribution in [1.82, 2.24) is 9.78 Å². The second kappa shape index (κ2) is 2.26. The van der Waals surface area contributed by atoms with Gasteiger partial charge in [0.2, 0.25) is 0 Å². The summed E-state index contributed by atoms with van der Waals surface area (Å²) in [6, 6.07) is 0. The molecular weight excluding hydrogens is 138 g/mol. The summed E-state index contributed by atoms with van der Waals surface area (Å²) < 4.78 is 1.89. The first-order valence-corrected chi connectivity index (χ1v) is 3.73. The number of rotatable bonds is 0. The molecule has 0 bridgehead atoms. The standard InChI is InChI=1S/C8H15N3/c1-6-7(9)5-11(10-6)8(2,3)4/h5H,9H2,1-4H3. The highest BCUT2D eigenvalue weighted by molar-refractivity contribution is 5.39. The molecule has 62 valence electrons. The van der Waals surface area contributed by atoms with Crippen molar-refractivity contribution in [2.75, 3.05) is 5.73 Å². The Labute approximate surface area is 67.2 Å². The van der Waals surface area contributed by atoms with E-state index in [1.54, 1.807) is 0 Å². The van der Waals surface area contributed by atoms with Gasteiger partial charge in [0.15, 0.2) is 0 Å². The van der Waals surface area contributed by atoms with E-state index in [2.05, 4.69) is 25.9 Å². The zero-order chi connectivity index (χ0) is 8.65. The molecule has 0 aromatic carbocycles. The van der Waals surface area contributed by atoms with Gasteiger partial charge in [0.1, 0.15) is 0 Å². The molecule has 0 amide bonds. The highest BCUT2D eigenvalue weighted by Gasteiger charge is 2.14. The van der Waals surface area contributed by atoms with Gasteiger partial charge in [-0.15, -0.1) is 0 Å². The second-order valence-electron chi connectivity index (χ2n) is 3.79. The van der Waals surface area contributed by atoms with Crippen LogP contribution in [0, 0.1) is 6.92 Å². The van der Waals surface area contributed by atoms with Crippen molar-refractivity contribution in [2.45, 2.75) is 33.2 Å². The molecule has 0 fully saturated rings. The van der Waals surface area contributed by atoms with Gasteiger partial charge in [-0.1, -0.05) is 0 Å². The summed E-state index contributed by atoms with van der Waals surface area (Å²) in [5, 5.41) is 4.27. The van der Waals surface area contributed by atoms with Gasteiger partial charge in [-0.2, -0.15) is 5.10 Å². The fourth-order valence-corrected chi connectivity index (χ4v) is 0.817. The lowest BCUT2D eigenvalue weighted by Gasteiger charge is -2.18. The van der Waals surface area contributed by atoms with Gasteiger partial charge in [-0.3, -0.25) is 4.68 Å². The maximum Gasteiger partial charge on any atom is 0.0823 e. The van der Waals surface area contributed by atoms with Crippen LogP contribution in [0.2, 0.25) is 0 Å². The highest BCUT2D eigenvalue weighted by atomic mass is 15.3. The SMILES string of the molecule is Cc1nn(C(C)(C)C)cc1N. The molecule has 1 aromatic rings. The Kier molecular flexibility index (Phi) is 1.66. The van der Waals surface area contributed by atoms with E-state index < -0.39 is 0 Å². The summed E-state index contributed by atoms with van der Waals surface area (Å²) in [5.74, 6) is 0. The quantitative estimate of drug-likeness (QED) is 0.614. The predicted molar refractivity (Wildman–Crippen MR) is 46.4 cm³/mol. The predicted octanol–water partition coefficient (Wildman–Crippen LogP) is 1.53. The van der Waals surface area contributed by atoms with Crippen LogP contribution in [0.3, 0.4) is 0 Å². The van der Waals surface area contributed by atoms with Crippen molar-refractivity contribution in [3.05, 3.63) is 11.9 Å². The van der Waals surface area contributed by atoms with Gasteiger partial charge in [-0.05, 0) is 27.7 Å². The van der Waals surface area contributed by atoms with E-state index in [4.69, 9.17) is 5.73 Å². The topological polar surface area (TPSA) is 43.8 Å². The first kappa shape index (κ1) is 8.11. The molecule has 0 aliphatic rings. The van der Waals surface area contributed by atoms with Gasteiger partial charge in [0.25, 0.3) is 0 Å². The number of nitrogens with zero attached hydrogens (tertiary/aromatic N) is 2. The van der Waals surface area contributed by atoms with Crippen molar-refractivity contribution in [3.63, 3.8) is 0 Å². The molecule has 0 saturated carbocycles. The molecule has 0 saturated heterocycles. The summed E-state index contributed by atoms with van der Waals surface area (Å²) in [7, 11) is 0. The van der Waals surface area contributed by atoms with Crippen LogP contribution in [0.4, 0.5) is 5.69 Å². The van der Waals surface area contributed by atoms with Gasteiger partial charge in [-0.25, -0.2) is 0 Å². The minimum absolute atomic E-state index is 0.0301. The molecular formula is C8H15N3. The first-order valence-electron chi connectivity index (χ1n) is 3.73. The summed E-state index contributed by atoms with van der Waals surface area (Å²) in [6.45, 7) is 8.20. The first-order chi connectivity index (χ1) is 4.91. The molecule has 0 spiro atoms. The van der Waals surface area contributed by atoms with Crippen LogP contribution in [0.15, 0.2) is 6.20 Å². The lowest BCUT2D eigenvalue weighted by Crippen LogP contribution is -2.22. The third kappa shape index (κ3) is 1.53. The second-order valence-corrected chi connectivity index (χ2v) is 3.79. The maximum absolute atomic E-state index is 5.65. The van der Waals surface area contributed by atoms with Crippen LogP contribution in [0.25, 0.3) is 0 Å². The molecule has 0 unspecified atom stereocenters. The normalized spacial score (nSPS) is 12.0.